The number of amides is 1. The molecule has 1 aliphatic heterocycles. The van der Waals surface area contributed by atoms with Crippen molar-refractivity contribution in [3.8, 4) is 5.69 Å². The molecule has 0 atom stereocenters. The number of benzene rings is 2. The Balaban J connectivity index is 1.59. The normalized spacial score (nSPS) is 20.5. The molecule has 1 saturated carbocycles. The summed E-state index contributed by atoms with van der Waals surface area (Å²) in [5.74, 6) is -2.08. The zero-order valence-electron chi connectivity index (χ0n) is 25.6. The van der Waals surface area contributed by atoms with Crippen LogP contribution in [0.25, 0.3) is 5.69 Å². The molecule has 2 aliphatic rings. The lowest BCUT2D eigenvalue weighted by atomic mass is 9.26. The molecule has 1 N–H and O–H groups in total. The Hall–Kier alpha value is -3.18. The maximum absolute atomic E-state index is 14.3. The summed E-state index contributed by atoms with van der Waals surface area (Å²) in [6.07, 6.45) is -1.73. The van der Waals surface area contributed by atoms with Crippen LogP contribution >= 0.6 is 0 Å². The number of carbonyl (C=O) groups excluding carboxylic acids is 1. The van der Waals surface area contributed by atoms with Gasteiger partial charge in [0, 0.05) is 23.4 Å². The van der Waals surface area contributed by atoms with Crippen LogP contribution in [-0.4, -0.2) is 110 Å². The zero-order chi connectivity index (χ0) is 31.9. The number of alkyl halides is 3. The molecule has 1 aliphatic carbocycles. The summed E-state index contributed by atoms with van der Waals surface area (Å²) in [6.45, 7) is 0. The molecule has 2 heterocycles. The fourth-order valence-electron chi connectivity index (χ4n) is 6.38. The molecule has 0 unspecified atom stereocenters. The van der Waals surface area contributed by atoms with Crippen LogP contribution in [0.1, 0.15) is 18.4 Å². The number of hydrogen-bond donors (Lipinski definition) is 1. The fourth-order valence-corrected chi connectivity index (χ4v) is 6.38. The molecule has 3 aromatic rings. The molecule has 2 fully saturated rings. The quantitative estimate of drug-likeness (QED) is 0.244. The second-order valence-electron chi connectivity index (χ2n) is 13.5. The van der Waals surface area contributed by atoms with Gasteiger partial charge in [-0.15, -0.1) is 5.10 Å². The summed E-state index contributed by atoms with van der Waals surface area (Å²) in [5.41, 5.74) is -0.277. The molecular formula is C23H29B8F5N6O. The lowest BCUT2D eigenvalue weighted by molar-refractivity contribution is -0.138. The summed E-state index contributed by atoms with van der Waals surface area (Å²) in [5, 5.41) is 3.90. The van der Waals surface area contributed by atoms with Gasteiger partial charge in [-0.05, 0) is 64.5 Å². The molecule has 7 nitrogen and oxygen atoms in total. The average Bonchev–Trinajstić information content (AvgIpc) is 3.63. The van der Waals surface area contributed by atoms with Crippen molar-refractivity contribution < 1.29 is 26.7 Å². The standard InChI is InChI=1S/C23H29B8F5N6O/c24-20(25)22(28,29)42(17(43)10-1-2-10)23(30,31)21(26,27)41(20)14-6-11(19(34,35)36)5-12(7-14)38-18-37-9-40(39-18)13-3-4-15(32)16(33)8-13/h3-10H,1-2,24-31H2,(H,38,39). The van der Waals surface area contributed by atoms with Crippen molar-refractivity contribution in [1.29, 1.82) is 0 Å². The molecule has 1 amide bonds. The van der Waals surface area contributed by atoms with Crippen molar-refractivity contribution in [2.75, 3.05) is 10.2 Å². The van der Waals surface area contributed by atoms with Gasteiger partial charge in [-0.1, -0.05) is 0 Å². The van der Waals surface area contributed by atoms with E-state index in [0.717, 1.165) is 37.1 Å². The van der Waals surface area contributed by atoms with E-state index in [1.54, 1.807) is 6.07 Å². The number of anilines is 3. The van der Waals surface area contributed by atoms with E-state index in [-0.39, 0.29) is 29.1 Å². The fraction of sp³-hybridized carbons (Fsp3) is 0.348. The van der Waals surface area contributed by atoms with E-state index >= 15 is 0 Å². The van der Waals surface area contributed by atoms with E-state index in [0.29, 0.717) is 5.69 Å². The predicted molar refractivity (Wildman–Crippen MR) is 177 cm³/mol. The lowest BCUT2D eigenvalue weighted by Crippen LogP contribution is -2.93. The maximum atomic E-state index is 14.3. The topological polar surface area (TPSA) is 66.3 Å². The first-order valence-corrected chi connectivity index (χ1v) is 14.2. The van der Waals surface area contributed by atoms with Gasteiger partial charge in [0.25, 0.3) is 0 Å². The van der Waals surface area contributed by atoms with E-state index in [1.165, 1.54) is 17.1 Å². The van der Waals surface area contributed by atoms with Crippen LogP contribution in [0.2, 0.25) is 0 Å². The third kappa shape index (κ3) is 5.08. The molecule has 0 bridgehead atoms. The summed E-state index contributed by atoms with van der Waals surface area (Å²) in [4.78, 5) is 21.7. The number of hydrogen-bond acceptors (Lipinski definition) is 5. The smallest absolute Gasteiger partial charge is 0.390 e. The van der Waals surface area contributed by atoms with Crippen LogP contribution in [0.3, 0.4) is 0 Å². The number of halogens is 5. The van der Waals surface area contributed by atoms with Crippen molar-refractivity contribution >= 4 is 86.0 Å². The van der Waals surface area contributed by atoms with Crippen LogP contribution in [0.15, 0.2) is 42.7 Å². The van der Waals surface area contributed by atoms with Gasteiger partial charge < -0.3 is 15.1 Å². The molecule has 1 saturated heterocycles. The predicted octanol–water partition coefficient (Wildman–Crippen LogP) is -3.95. The Morgan fingerprint density at radius 3 is 1.98 bits per heavy atom. The van der Waals surface area contributed by atoms with Gasteiger partial charge >= 0.3 is 6.18 Å². The average molecular weight is 587 g/mol. The third-order valence-corrected chi connectivity index (χ3v) is 9.80. The van der Waals surface area contributed by atoms with Crippen molar-refractivity contribution in [3.63, 3.8) is 0 Å². The minimum atomic E-state index is -4.66. The van der Waals surface area contributed by atoms with E-state index in [9.17, 15) is 26.7 Å². The number of aromatic nitrogens is 3. The molecule has 20 heteroatoms. The first-order chi connectivity index (χ1) is 19.7. The van der Waals surface area contributed by atoms with Gasteiger partial charge in [-0.3, -0.25) is 4.79 Å². The van der Waals surface area contributed by atoms with Crippen molar-refractivity contribution in [3.05, 3.63) is 59.9 Å². The molecule has 0 radical (unpaired) electrons. The van der Waals surface area contributed by atoms with Crippen LogP contribution in [-0.2, 0) is 11.0 Å². The molecular weight excluding hydrogens is 558 g/mol. The number of rotatable bonds is 5. The van der Waals surface area contributed by atoms with Gasteiger partial charge in [0.05, 0.1) is 11.3 Å². The Kier molecular flexibility index (Phi) is 7.21. The highest BCUT2D eigenvalue weighted by atomic mass is 19.4. The summed E-state index contributed by atoms with van der Waals surface area (Å²) >= 11 is 0. The van der Waals surface area contributed by atoms with Crippen LogP contribution in [0, 0.1) is 17.6 Å². The summed E-state index contributed by atoms with van der Waals surface area (Å²) < 4.78 is 71.2. The highest BCUT2D eigenvalue weighted by Gasteiger charge is 2.64. The number of piperazine rings is 1. The van der Waals surface area contributed by atoms with Gasteiger partial charge in [0.2, 0.25) is 11.9 Å². The zero-order valence-corrected chi connectivity index (χ0v) is 25.6. The van der Waals surface area contributed by atoms with Crippen molar-refractivity contribution in [1.82, 2.24) is 19.7 Å². The van der Waals surface area contributed by atoms with E-state index < -0.39 is 44.7 Å². The van der Waals surface area contributed by atoms with Gasteiger partial charge in [-0.25, -0.2) is 13.5 Å². The molecule has 216 valence electrons. The Morgan fingerprint density at radius 2 is 1.44 bits per heavy atom. The summed E-state index contributed by atoms with van der Waals surface area (Å²) in [7, 11) is 15.7. The number of nitrogens with one attached hydrogen (secondary N) is 1. The minimum absolute atomic E-state index is 0.0280. The van der Waals surface area contributed by atoms with Crippen molar-refractivity contribution in [2.24, 2.45) is 5.92 Å². The van der Waals surface area contributed by atoms with Gasteiger partial charge in [-0.2, -0.15) is 18.2 Å². The molecule has 1 aromatic heterocycles. The van der Waals surface area contributed by atoms with Crippen LogP contribution in [0.4, 0.5) is 39.3 Å². The monoisotopic (exact) mass is 588 g/mol. The first kappa shape index (κ1) is 31.3. The van der Waals surface area contributed by atoms with Crippen molar-refractivity contribution in [2.45, 2.75) is 40.4 Å². The highest BCUT2D eigenvalue weighted by molar-refractivity contribution is 6.63. The van der Waals surface area contributed by atoms with Gasteiger partial charge in [0.1, 0.15) is 69.1 Å². The maximum Gasteiger partial charge on any atom is 0.416 e. The molecule has 5 rings (SSSR count). The SMILES string of the molecule is BC1(B)N(C(=O)C2CC2)C(B)(B)C(B)(B)N(c2cc(Nc3ncn(-c4ccc(F)c(F)c4)n3)cc(C(F)(F)F)c2)C1(B)B. The molecule has 0 spiro atoms. The second-order valence-corrected chi connectivity index (χ2v) is 13.5. The molecule has 43 heavy (non-hydrogen) atoms. The summed E-state index contributed by atoms with van der Waals surface area (Å²) in [6, 6.07) is 6.92. The van der Waals surface area contributed by atoms with Crippen LogP contribution < -0.4 is 10.2 Å². The Morgan fingerprint density at radius 1 is 0.837 bits per heavy atom. The third-order valence-electron chi connectivity index (χ3n) is 9.80. The minimum Gasteiger partial charge on any atom is -0.390 e. The lowest BCUT2D eigenvalue weighted by Gasteiger charge is -2.74. The van der Waals surface area contributed by atoms with Gasteiger partial charge in [0.15, 0.2) is 11.6 Å². The highest BCUT2D eigenvalue weighted by Crippen LogP contribution is 2.48. The number of carbonyl (C=O) groups is 1. The van der Waals surface area contributed by atoms with E-state index in [2.05, 4.69) is 15.4 Å². The number of nitrogens with zero attached hydrogens (tertiary/aromatic N) is 5. The first-order valence-electron chi connectivity index (χ1n) is 14.2. The van der Waals surface area contributed by atoms with Crippen LogP contribution in [0.5, 0.6) is 0 Å². The molecule has 2 aromatic carbocycles. The largest absolute Gasteiger partial charge is 0.416 e. The Bertz CT molecular complexity index is 1570. The van der Waals surface area contributed by atoms with E-state index in [1.807, 2.05) is 72.6 Å². The Labute approximate surface area is 254 Å². The second kappa shape index (κ2) is 9.92. The van der Waals surface area contributed by atoms with E-state index in [4.69, 9.17) is 0 Å².